The molecule has 0 radical (unpaired) electrons. The first-order valence-electron chi connectivity index (χ1n) is 12.5. The van der Waals surface area contributed by atoms with Crippen molar-refractivity contribution in [3.63, 3.8) is 0 Å². The lowest BCUT2D eigenvalue weighted by atomic mass is 10.00. The molecule has 5 nitrogen and oxygen atoms in total. The van der Waals surface area contributed by atoms with Crippen molar-refractivity contribution in [3.8, 4) is 0 Å². The molecule has 35 heavy (non-hydrogen) atoms. The molecule has 0 unspecified atom stereocenters. The van der Waals surface area contributed by atoms with Gasteiger partial charge in [-0.3, -0.25) is 14.4 Å². The first-order valence-corrected chi connectivity index (χ1v) is 12.5. The van der Waals surface area contributed by atoms with Gasteiger partial charge >= 0.3 is 0 Å². The fourth-order valence-electron chi connectivity index (χ4n) is 3.65. The van der Waals surface area contributed by atoms with E-state index in [1.165, 1.54) is 18.1 Å². The van der Waals surface area contributed by atoms with Crippen LogP contribution in [0.3, 0.4) is 0 Å². The molecule has 1 amide bonds. The predicted molar refractivity (Wildman–Crippen MR) is 142 cm³/mol. The minimum absolute atomic E-state index is 0.0431. The summed E-state index contributed by atoms with van der Waals surface area (Å²) in [7, 11) is 0. The van der Waals surface area contributed by atoms with E-state index in [-0.39, 0.29) is 23.3 Å². The molecular formula is C30H41NO4. The highest BCUT2D eigenvalue weighted by Gasteiger charge is 2.01. The standard InChI is InChI=1S/C19H20O2.C11H21NO2/c1-14(20)11-16-3-7-18(8-4-16)13-19-9-5-17(6-10-19)12-15(2)21;1-10(13)8-6-4-3-5-7-9-12-11(2)14/h3-10H,11-13H2,1-2H3;3-9H2,1-2H3,(H,12,14). The number of carbonyl (C=O) groups excluding carboxylic acids is 4. The molecule has 2 aromatic rings. The monoisotopic (exact) mass is 479 g/mol. The smallest absolute Gasteiger partial charge is 0.216 e. The van der Waals surface area contributed by atoms with Crippen molar-refractivity contribution in [2.75, 3.05) is 6.54 Å². The predicted octanol–water partition coefficient (Wildman–Crippen LogP) is 5.59. The summed E-state index contributed by atoms with van der Waals surface area (Å²) in [5.74, 6) is 0.692. The lowest BCUT2D eigenvalue weighted by molar-refractivity contribution is -0.119. The van der Waals surface area contributed by atoms with Gasteiger partial charge in [-0.25, -0.2) is 0 Å². The maximum absolute atomic E-state index is 11.1. The SMILES string of the molecule is CC(=O)CCCCCCCNC(C)=O.CC(=O)Cc1ccc(Cc2ccc(CC(C)=O)cc2)cc1. The van der Waals surface area contributed by atoms with Crippen LogP contribution in [-0.2, 0) is 38.4 Å². The number of benzene rings is 2. The summed E-state index contributed by atoms with van der Waals surface area (Å²) >= 11 is 0. The number of hydrogen-bond donors (Lipinski definition) is 1. The van der Waals surface area contributed by atoms with Crippen molar-refractivity contribution in [3.05, 3.63) is 70.8 Å². The number of ketones is 3. The largest absolute Gasteiger partial charge is 0.356 e. The Hall–Kier alpha value is -3.08. The molecule has 0 aromatic heterocycles. The number of hydrogen-bond acceptors (Lipinski definition) is 4. The molecule has 0 spiro atoms. The summed E-state index contributed by atoms with van der Waals surface area (Å²) in [6, 6.07) is 16.3. The summed E-state index contributed by atoms with van der Waals surface area (Å²) in [6.45, 7) is 7.17. The van der Waals surface area contributed by atoms with Crippen molar-refractivity contribution in [2.24, 2.45) is 0 Å². The second kappa shape index (κ2) is 17.4. The molecule has 0 fully saturated rings. The van der Waals surface area contributed by atoms with Crippen molar-refractivity contribution in [1.82, 2.24) is 5.32 Å². The van der Waals surface area contributed by atoms with Gasteiger partial charge in [-0.05, 0) is 62.3 Å². The van der Waals surface area contributed by atoms with Gasteiger partial charge in [-0.1, -0.05) is 67.8 Å². The normalized spacial score (nSPS) is 10.2. The van der Waals surface area contributed by atoms with Crippen LogP contribution in [0.5, 0.6) is 0 Å². The van der Waals surface area contributed by atoms with Crippen LogP contribution in [0.1, 0.15) is 88.5 Å². The highest BCUT2D eigenvalue weighted by molar-refractivity contribution is 5.78. The van der Waals surface area contributed by atoms with Crippen LogP contribution in [-0.4, -0.2) is 29.8 Å². The topological polar surface area (TPSA) is 80.3 Å². The molecule has 0 saturated carbocycles. The molecule has 0 aliphatic carbocycles. The first-order chi connectivity index (χ1) is 16.7. The van der Waals surface area contributed by atoms with E-state index < -0.39 is 0 Å². The molecule has 0 heterocycles. The summed E-state index contributed by atoms with van der Waals surface area (Å²) in [6.07, 6.45) is 8.05. The average molecular weight is 480 g/mol. The lowest BCUT2D eigenvalue weighted by Crippen LogP contribution is -2.20. The zero-order valence-corrected chi connectivity index (χ0v) is 21.8. The van der Waals surface area contributed by atoms with E-state index in [0.29, 0.717) is 19.3 Å². The molecule has 2 rings (SSSR count). The molecule has 0 aliphatic rings. The second-order valence-corrected chi connectivity index (χ2v) is 9.27. The summed E-state index contributed by atoms with van der Waals surface area (Å²) < 4.78 is 0. The van der Waals surface area contributed by atoms with Crippen molar-refractivity contribution in [2.45, 2.75) is 85.5 Å². The minimum atomic E-state index is 0.0431. The van der Waals surface area contributed by atoms with Crippen LogP contribution < -0.4 is 5.32 Å². The van der Waals surface area contributed by atoms with Crippen LogP contribution >= 0.6 is 0 Å². The van der Waals surface area contributed by atoms with E-state index in [1.807, 2.05) is 24.3 Å². The third-order valence-electron chi connectivity index (χ3n) is 5.44. The molecule has 5 heteroatoms. The van der Waals surface area contributed by atoms with Crippen molar-refractivity contribution < 1.29 is 19.2 Å². The first kappa shape index (κ1) is 30.0. The third kappa shape index (κ3) is 16.2. The Balaban J connectivity index is 0.000000383. The van der Waals surface area contributed by atoms with Gasteiger partial charge in [0.2, 0.25) is 5.91 Å². The van der Waals surface area contributed by atoms with Gasteiger partial charge in [0.25, 0.3) is 0 Å². The Labute approximate surface area is 210 Å². The lowest BCUT2D eigenvalue weighted by Gasteiger charge is -2.05. The molecule has 2 aromatic carbocycles. The number of Topliss-reactive ketones (excluding diaryl/α,β-unsaturated/α-hetero) is 3. The van der Waals surface area contributed by atoms with E-state index in [2.05, 4.69) is 29.6 Å². The molecule has 0 aliphatic heterocycles. The van der Waals surface area contributed by atoms with E-state index in [9.17, 15) is 19.2 Å². The highest BCUT2D eigenvalue weighted by atomic mass is 16.1. The summed E-state index contributed by atoms with van der Waals surface area (Å²) in [5.41, 5.74) is 4.56. The van der Waals surface area contributed by atoms with Crippen LogP contribution in [0.2, 0.25) is 0 Å². The van der Waals surface area contributed by atoms with E-state index in [4.69, 9.17) is 0 Å². The Bertz CT molecular complexity index is 852. The fourth-order valence-corrected chi connectivity index (χ4v) is 3.65. The number of nitrogens with one attached hydrogen (secondary N) is 1. The Morgan fingerprint density at radius 1 is 0.543 bits per heavy atom. The van der Waals surface area contributed by atoms with Gasteiger partial charge in [-0.15, -0.1) is 0 Å². The molecule has 190 valence electrons. The fraction of sp³-hybridized carbons (Fsp3) is 0.467. The zero-order chi connectivity index (χ0) is 26.1. The van der Waals surface area contributed by atoms with Gasteiger partial charge in [0.15, 0.2) is 0 Å². The molecule has 0 atom stereocenters. The second-order valence-electron chi connectivity index (χ2n) is 9.27. The van der Waals surface area contributed by atoms with Gasteiger partial charge in [0, 0.05) is 32.7 Å². The summed E-state index contributed by atoms with van der Waals surface area (Å²) in [4.78, 5) is 43.3. The van der Waals surface area contributed by atoms with Crippen molar-refractivity contribution >= 4 is 23.3 Å². The maximum atomic E-state index is 11.1. The number of carbonyl (C=O) groups is 4. The summed E-state index contributed by atoms with van der Waals surface area (Å²) in [5, 5.41) is 2.76. The quantitative estimate of drug-likeness (QED) is 0.358. The Morgan fingerprint density at radius 3 is 1.34 bits per heavy atom. The highest BCUT2D eigenvalue weighted by Crippen LogP contribution is 2.13. The molecule has 1 N–H and O–H groups in total. The minimum Gasteiger partial charge on any atom is -0.356 e. The van der Waals surface area contributed by atoms with Crippen molar-refractivity contribution in [1.29, 1.82) is 0 Å². The van der Waals surface area contributed by atoms with Crippen LogP contribution in [0, 0.1) is 0 Å². The van der Waals surface area contributed by atoms with Gasteiger partial charge in [-0.2, -0.15) is 0 Å². The number of unbranched alkanes of at least 4 members (excludes halogenated alkanes) is 4. The van der Waals surface area contributed by atoms with Gasteiger partial charge in [0.1, 0.15) is 17.3 Å². The maximum Gasteiger partial charge on any atom is 0.216 e. The van der Waals surface area contributed by atoms with Crippen LogP contribution in [0.15, 0.2) is 48.5 Å². The van der Waals surface area contributed by atoms with Gasteiger partial charge < -0.3 is 10.1 Å². The average Bonchev–Trinajstić information content (AvgIpc) is 2.77. The molecule has 0 bridgehead atoms. The molecule has 0 saturated heterocycles. The van der Waals surface area contributed by atoms with Crippen LogP contribution in [0.25, 0.3) is 0 Å². The Kier molecular flexibility index (Phi) is 14.9. The third-order valence-corrected chi connectivity index (χ3v) is 5.44. The number of rotatable bonds is 14. The molecular weight excluding hydrogens is 438 g/mol. The Morgan fingerprint density at radius 2 is 0.943 bits per heavy atom. The zero-order valence-electron chi connectivity index (χ0n) is 21.8. The van der Waals surface area contributed by atoms with E-state index in [1.54, 1.807) is 20.8 Å². The number of amides is 1. The van der Waals surface area contributed by atoms with E-state index >= 15 is 0 Å². The van der Waals surface area contributed by atoms with Crippen LogP contribution in [0.4, 0.5) is 0 Å². The van der Waals surface area contributed by atoms with E-state index in [0.717, 1.165) is 56.2 Å². The van der Waals surface area contributed by atoms with Gasteiger partial charge in [0.05, 0.1) is 0 Å².